The minimum absolute atomic E-state index is 0.183. The highest BCUT2D eigenvalue weighted by Gasteiger charge is 2.42. The number of anilines is 2. The van der Waals surface area contributed by atoms with Crippen molar-refractivity contribution < 1.29 is 13.6 Å². The molecule has 3 aromatic heterocycles. The fourth-order valence-corrected chi connectivity index (χ4v) is 3.97. The molecule has 1 atom stereocenters. The first kappa shape index (κ1) is 17.0. The Hall–Kier alpha value is -3.17. The summed E-state index contributed by atoms with van der Waals surface area (Å²) in [7, 11) is 0. The number of fused-ring (bicyclic) bond motifs is 2. The molecule has 0 saturated heterocycles. The molecule has 144 valence electrons. The molecular weight excluding hydrogens is 368 g/mol. The van der Waals surface area contributed by atoms with Crippen molar-refractivity contribution in [2.45, 2.75) is 43.8 Å². The van der Waals surface area contributed by atoms with E-state index in [9.17, 15) is 13.6 Å². The van der Waals surface area contributed by atoms with E-state index in [0.717, 1.165) is 11.8 Å². The number of carbonyl (C=O) groups is 1. The largest absolute Gasteiger partial charge is 0.355 e. The van der Waals surface area contributed by atoms with E-state index in [4.69, 9.17) is 0 Å². The molecule has 2 aliphatic rings. The Bertz CT molecular complexity index is 1040. The summed E-state index contributed by atoms with van der Waals surface area (Å²) in [6, 6.07) is -0.183. The zero-order valence-corrected chi connectivity index (χ0v) is 14.8. The monoisotopic (exact) mass is 385 g/mol. The highest BCUT2D eigenvalue weighted by atomic mass is 19.3. The molecule has 10 heteroatoms. The zero-order chi connectivity index (χ0) is 19.3. The summed E-state index contributed by atoms with van der Waals surface area (Å²) < 4.78 is 28.9. The Kier molecular flexibility index (Phi) is 3.74. The molecule has 8 nitrogen and oxygen atoms in total. The number of aldehydes is 1. The molecule has 1 aliphatic carbocycles. The first-order valence-electron chi connectivity index (χ1n) is 9.08. The van der Waals surface area contributed by atoms with E-state index in [0.29, 0.717) is 35.7 Å². The average molecular weight is 385 g/mol. The van der Waals surface area contributed by atoms with Gasteiger partial charge in [-0.3, -0.25) is 9.78 Å². The van der Waals surface area contributed by atoms with Gasteiger partial charge in [0.25, 0.3) is 0 Å². The van der Waals surface area contributed by atoms with Crippen LogP contribution in [0.4, 0.5) is 20.3 Å². The van der Waals surface area contributed by atoms with Crippen LogP contribution in [0.3, 0.4) is 0 Å². The Morgan fingerprint density at radius 1 is 1.21 bits per heavy atom. The van der Waals surface area contributed by atoms with E-state index in [1.807, 2.05) is 4.90 Å². The van der Waals surface area contributed by atoms with Crippen molar-refractivity contribution >= 4 is 23.3 Å². The molecule has 3 aromatic rings. The van der Waals surface area contributed by atoms with Crippen LogP contribution in [0, 0.1) is 0 Å². The van der Waals surface area contributed by atoms with Gasteiger partial charge in [0.15, 0.2) is 24.1 Å². The lowest BCUT2D eigenvalue weighted by molar-refractivity contribution is -0.108. The normalized spacial score (nSPS) is 21.5. The predicted octanol–water partition coefficient (Wildman–Crippen LogP) is 2.52. The summed E-state index contributed by atoms with van der Waals surface area (Å²) in [5, 5.41) is 7.35. The van der Waals surface area contributed by atoms with Crippen molar-refractivity contribution in [1.82, 2.24) is 24.6 Å². The van der Waals surface area contributed by atoms with Crippen molar-refractivity contribution in [1.29, 1.82) is 0 Å². The minimum Gasteiger partial charge on any atom is -0.355 e. The maximum Gasteiger partial charge on any atom is 0.248 e. The first-order valence-corrected chi connectivity index (χ1v) is 9.08. The number of nitrogens with one attached hydrogen (secondary N) is 1. The Morgan fingerprint density at radius 2 is 2.04 bits per heavy atom. The molecule has 4 heterocycles. The van der Waals surface area contributed by atoms with E-state index in [2.05, 4.69) is 25.4 Å². The summed E-state index contributed by atoms with van der Waals surface area (Å²) in [6.07, 6.45) is 8.67. The lowest BCUT2D eigenvalue weighted by atomic mass is 9.91. The van der Waals surface area contributed by atoms with Crippen LogP contribution in [0.15, 0.2) is 31.0 Å². The van der Waals surface area contributed by atoms with Crippen LogP contribution in [-0.2, 0) is 4.79 Å². The van der Waals surface area contributed by atoms with Gasteiger partial charge in [0.05, 0.1) is 35.4 Å². The van der Waals surface area contributed by atoms with Crippen LogP contribution in [0.5, 0.6) is 0 Å². The van der Waals surface area contributed by atoms with E-state index in [1.165, 1.54) is 0 Å². The van der Waals surface area contributed by atoms with E-state index >= 15 is 0 Å². The van der Waals surface area contributed by atoms with Gasteiger partial charge in [-0.25, -0.2) is 23.3 Å². The van der Waals surface area contributed by atoms with Crippen molar-refractivity contribution in [2.75, 3.05) is 10.2 Å². The van der Waals surface area contributed by atoms with Crippen LogP contribution in [0.2, 0.25) is 0 Å². The number of carbonyl (C=O) groups excluding carboxylic acids is 1. The first-order chi connectivity index (χ1) is 13.6. The number of hydrogen-bond acceptors (Lipinski definition) is 7. The molecule has 1 unspecified atom stereocenters. The number of aromatic nitrogens is 5. The molecule has 0 spiro atoms. The predicted molar refractivity (Wildman–Crippen MR) is 97.2 cm³/mol. The Labute approximate surface area is 158 Å². The lowest BCUT2D eigenvalue weighted by Gasteiger charge is -2.36. The Morgan fingerprint density at radius 3 is 2.82 bits per heavy atom. The smallest absolute Gasteiger partial charge is 0.248 e. The Balaban J connectivity index is 1.54. The second kappa shape index (κ2) is 6.18. The second-order valence-electron chi connectivity index (χ2n) is 7.11. The van der Waals surface area contributed by atoms with Gasteiger partial charge < -0.3 is 10.2 Å². The highest BCUT2D eigenvalue weighted by Crippen LogP contribution is 2.41. The van der Waals surface area contributed by atoms with Gasteiger partial charge >= 0.3 is 0 Å². The summed E-state index contributed by atoms with van der Waals surface area (Å²) in [5.41, 5.74) is 2.08. The number of rotatable bonds is 3. The van der Waals surface area contributed by atoms with Crippen LogP contribution in [0.1, 0.15) is 25.7 Å². The van der Waals surface area contributed by atoms with Crippen molar-refractivity contribution in [2.24, 2.45) is 0 Å². The molecule has 1 aliphatic heterocycles. The molecular formula is C18H17F2N7O. The molecule has 1 saturated carbocycles. The number of nitrogens with zero attached hydrogens (tertiary/aromatic N) is 6. The number of hydrogen-bond donors (Lipinski definition) is 1. The lowest BCUT2D eigenvalue weighted by Crippen LogP contribution is -2.47. The molecule has 0 amide bonds. The topological polar surface area (TPSA) is 88.3 Å². The summed E-state index contributed by atoms with van der Waals surface area (Å²) >= 11 is 0. The second-order valence-corrected chi connectivity index (χ2v) is 7.11. The van der Waals surface area contributed by atoms with Crippen molar-refractivity contribution in [3.05, 3.63) is 31.0 Å². The summed E-state index contributed by atoms with van der Waals surface area (Å²) in [4.78, 5) is 26.6. The van der Waals surface area contributed by atoms with Gasteiger partial charge in [0, 0.05) is 31.3 Å². The number of alkyl halides is 2. The maximum atomic E-state index is 13.6. The van der Waals surface area contributed by atoms with Crippen molar-refractivity contribution in [3.8, 4) is 11.4 Å². The molecule has 0 bridgehead atoms. The van der Waals surface area contributed by atoms with E-state index in [1.54, 1.807) is 35.5 Å². The number of halogens is 2. The van der Waals surface area contributed by atoms with Gasteiger partial charge in [0.2, 0.25) is 5.92 Å². The van der Waals surface area contributed by atoms with Gasteiger partial charge in [-0.1, -0.05) is 0 Å². The maximum absolute atomic E-state index is 13.6. The third kappa shape index (κ3) is 2.67. The van der Waals surface area contributed by atoms with Gasteiger partial charge in [0.1, 0.15) is 0 Å². The summed E-state index contributed by atoms with van der Waals surface area (Å²) in [6.45, 7) is 0. The van der Waals surface area contributed by atoms with Crippen molar-refractivity contribution in [3.63, 3.8) is 0 Å². The third-order valence-corrected chi connectivity index (χ3v) is 5.39. The standard InChI is InChI=1S/C18H17F2N7O/c19-18(20)3-1-11(2-4-18)27-15(10-28)24-13-8-22-16(25-17(13)27)12-7-23-26-6-5-21-9-14(12)26/h5-11,15,24H,1-4H2. The molecule has 28 heavy (non-hydrogen) atoms. The van der Waals surface area contributed by atoms with Gasteiger partial charge in [-0.15, -0.1) is 0 Å². The summed E-state index contributed by atoms with van der Waals surface area (Å²) in [5.74, 6) is -1.63. The van der Waals surface area contributed by atoms with Crippen LogP contribution in [0.25, 0.3) is 16.9 Å². The molecule has 5 rings (SSSR count). The molecule has 0 aromatic carbocycles. The highest BCUT2D eigenvalue weighted by molar-refractivity contribution is 5.84. The molecule has 0 radical (unpaired) electrons. The zero-order valence-electron chi connectivity index (χ0n) is 14.8. The minimum atomic E-state index is -2.63. The van der Waals surface area contributed by atoms with Crippen LogP contribution in [-0.4, -0.2) is 49.0 Å². The van der Waals surface area contributed by atoms with Gasteiger partial charge in [-0.05, 0) is 12.8 Å². The van der Waals surface area contributed by atoms with E-state index < -0.39 is 12.1 Å². The molecule has 1 N–H and O–H groups in total. The quantitative estimate of drug-likeness (QED) is 0.693. The average Bonchev–Trinajstić information content (AvgIpc) is 3.29. The fraction of sp³-hybridized carbons (Fsp3) is 0.389. The van der Waals surface area contributed by atoms with Gasteiger partial charge in [-0.2, -0.15) is 5.10 Å². The third-order valence-electron chi connectivity index (χ3n) is 5.39. The fourth-order valence-electron chi connectivity index (χ4n) is 3.97. The van der Waals surface area contributed by atoms with Crippen LogP contribution < -0.4 is 10.2 Å². The molecule has 1 fully saturated rings. The van der Waals surface area contributed by atoms with E-state index in [-0.39, 0.29) is 18.9 Å². The van der Waals surface area contributed by atoms with Crippen LogP contribution >= 0.6 is 0 Å². The SMILES string of the molecule is O=CC1Nc2cnc(-c3cnn4ccncc34)nc2N1C1CCC(F)(F)CC1.